The molecule has 0 spiro atoms. The van der Waals surface area contributed by atoms with E-state index in [1.54, 1.807) is 0 Å². The zero-order chi connectivity index (χ0) is 10.7. The Balaban J connectivity index is 2.39. The third-order valence-corrected chi connectivity index (χ3v) is 12.0. The molecule has 0 unspecified atom stereocenters. The van der Waals surface area contributed by atoms with Crippen LogP contribution in [0.2, 0.25) is 0 Å². The highest BCUT2D eigenvalue weighted by atomic mass is 31.2. The third kappa shape index (κ3) is 3.43. The highest BCUT2D eigenvalue weighted by Gasteiger charge is 2.18. The van der Waals surface area contributed by atoms with Crippen LogP contribution in [0.4, 0.5) is 0 Å². The lowest BCUT2D eigenvalue weighted by atomic mass is 10.4. The van der Waals surface area contributed by atoms with Crippen molar-refractivity contribution in [1.29, 1.82) is 0 Å². The summed E-state index contributed by atoms with van der Waals surface area (Å²) in [5.41, 5.74) is 0. The van der Waals surface area contributed by atoms with Gasteiger partial charge in [-0.2, -0.15) is 0 Å². The lowest BCUT2D eigenvalue weighted by Crippen LogP contribution is -2.21. The van der Waals surface area contributed by atoms with Crippen LogP contribution in [0.25, 0.3) is 0 Å². The van der Waals surface area contributed by atoms with Crippen LogP contribution in [-0.4, -0.2) is 39.8 Å². The Morgan fingerprint density at radius 3 is 2.20 bits per heavy atom. The van der Waals surface area contributed by atoms with Crippen molar-refractivity contribution in [2.24, 2.45) is 0 Å². The summed E-state index contributed by atoms with van der Waals surface area (Å²) in [6.45, 7) is 0. The quantitative estimate of drug-likeness (QED) is 0.423. The van der Waals surface area contributed by atoms with Crippen molar-refractivity contribution in [1.82, 2.24) is 0 Å². The van der Waals surface area contributed by atoms with E-state index >= 15 is 0 Å². The van der Waals surface area contributed by atoms with Gasteiger partial charge >= 0.3 is 7.82 Å². The van der Waals surface area contributed by atoms with Crippen molar-refractivity contribution in [2.45, 2.75) is 0 Å². The number of phosphoric acid groups is 1. The molecule has 78 valence electrons. The summed E-state index contributed by atoms with van der Waals surface area (Å²) in [6.07, 6.45) is 0. The lowest BCUT2D eigenvalue weighted by Gasteiger charge is -2.10. The number of fused-ring (bicyclic) bond motifs is 2. The minimum atomic E-state index is -3.71. The minimum Gasteiger partial charge on any atom is -0.470 e. The maximum absolute atomic E-state index is 11.3. The molecule has 1 aromatic rings. The van der Waals surface area contributed by atoms with Gasteiger partial charge in [0.05, 0.1) is 17.2 Å². The number of hydrogen-bond donors (Lipinski definition) is 1. The molecule has 0 saturated carbocycles. The fourth-order valence-electron chi connectivity index (χ4n) is 1.16. The number of benzene rings is 1. The van der Waals surface area contributed by atoms with Crippen molar-refractivity contribution in [3.8, 4) is 0 Å². The first-order chi connectivity index (χ1) is 7.16. The molecule has 0 saturated heterocycles. The summed E-state index contributed by atoms with van der Waals surface area (Å²) >= 11 is 0. The molecule has 2 rings (SSSR count). The van der Waals surface area contributed by atoms with Crippen LogP contribution in [0.15, 0.2) is 24.3 Å². The Hall–Kier alpha value is -0.122. The molecule has 0 atom stereocenters. The topological polar surface area (TPSA) is 55.8 Å². The van der Waals surface area contributed by atoms with Crippen LogP contribution in [-0.2, 0) is 13.0 Å². The molecule has 1 aliphatic heterocycles. The summed E-state index contributed by atoms with van der Waals surface area (Å²) in [4.78, 5) is 9.28. The van der Waals surface area contributed by atoms with Crippen molar-refractivity contribution in [3.05, 3.63) is 24.3 Å². The molecule has 4 nitrogen and oxygen atoms in total. The Morgan fingerprint density at radius 2 is 1.67 bits per heavy atom. The maximum Gasteiger partial charge on any atom is 0.556 e. The predicted molar refractivity (Wildman–Crippen MR) is 66.3 cm³/mol. The van der Waals surface area contributed by atoms with Crippen molar-refractivity contribution >= 4 is 53.1 Å². The van der Waals surface area contributed by atoms with Crippen LogP contribution in [0.3, 0.4) is 0 Å². The molecule has 0 aromatic heterocycles. The van der Waals surface area contributed by atoms with E-state index in [1.165, 1.54) is 10.4 Å². The fraction of sp³-hybridized carbons (Fsp3) is 0. The smallest absolute Gasteiger partial charge is 0.470 e. The van der Waals surface area contributed by atoms with E-state index in [2.05, 4.69) is 18.2 Å². The highest BCUT2D eigenvalue weighted by Crippen LogP contribution is 2.40. The Labute approximate surface area is 95.4 Å². The van der Waals surface area contributed by atoms with Gasteiger partial charge in [0.25, 0.3) is 0 Å². The zero-order valence-corrected chi connectivity index (χ0v) is 13.3. The molecule has 1 heterocycles. The van der Waals surface area contributed by atoms with Crippen LogP contribution >= 0.6 is 7.82 Å². The molecule has 0 aliphatic carbocycles. The zero-order valence-electron chi connectivity index (χ0n) is 7.74. The lowest BCUT2D eigenvalue weighted by molar-refractivity contribution is 0.308. The largest absolute Gasteiger partial charge is 0.556 e. The van der Waals surface area contributed by atoms with Gasteiger partial charge in [0.15, 0.2) is 0 Å². The van der Waals surface area contributed by atoms with Crippen LogP contribution in [0.1, 0.15) is 0 Å². The molecule has 9 heteroatoms. The van der Waals surface area contributed by atoms with Crippen LogP contribution in [0.5, 0.6) is 0 Å². The van der Waals surface area contributed by atoms with E-state index in [1.807, 2.05) is 6.07 Å². The third-order valence-electron chi connectivity index (χ3n) is 1.82. The minimum absolute atomic E-state index is 0.0169. The Morgan fingerprint density at radius 1 is 1.13 bits per heavy atom. The molecule has 2 bridgehead atoms. The van der Waals surface area contributed by atoms with E-state index in [9.17, 15) is 9.46 Å². The molecular formula is C6H9O4PSi4. The van der Waals surface area contributed by atoms with E-state index in [-0.39, 0.29) is 17.2 Å². The number of rotatable bonds is 0. The van der Waals surface area contributed by atoms with Gasteiger partial charge in [-0.25, -0.2) is 4.57 Å². The molecule has 0 amide bonds. The average Bonchev–Trinajstić information content (AvgIpc) is 2.17. The second-order valence-corrected chi connectivity index (χ2v) is 11.8. The van der Waals surface area contributed by atoms with E-state index in [0.29, 0.717) is 0 Å². The second kappa shape index (κ2) is 4.81. The molecule has 1 aliphatic rings. The molecule has 1 aromatic carbocycles. The van der Waals surface area contributed by atoms with Crippen LogP contribution in [0, 0.1) is 0 Å². The van der Waals surface area contributed by atoms with Gasteiger partial charge < -0.3 is 8.43 Å². The van der Waals surface area contributed by atoms with Gasteiger partial charge in [0.2, 0.25) is 17.7 Å². The summed E-state index contributed by atoms with van der Waals surface area (Å²) in [5, 5.41) is 2.55. The van der Waals surface area contributed by atoms with Gasteiger partial charge in [-0.15, -0.1) is 0 Å². The molecule has 15 heavy (non-hydrogen) atoms. The van der Waals surface area contributed by atoms with E-state index < -0.39 is 25.5 Å². The first-order valence-corrected chi connectivity index (χ1v) is 13.2. The van der Waals surface area contributed by atoms with Gasteiger partial charge in [-0.3, -0.25) is 4.89 Å². The standard InChI is InChI=1S/C6H9O4PSi4/c7-11(8)9-14-12-5-2-1-3-6(4-5)13-15-10-11/h1-4,12-15H,(H,7,8). The van der Waals surface area contributed by atoms with Crippen molar-refractivity contribution < 1.29 is 17.9 Å². The summed E-state index contributed by atoms with van der Waals surface area (Å²) in [6, 6.07) is 8.36. The van der Waals surface area contributed by atoms with Gasteiger partial charge in [0.1, 0.15) is 0 Å². The fourth-order valence-corrected chi connectivity index (χ4v) is 11.1. The normalized spacial score (nSPS) is 24.1. The van der Waals surface area contributed by atoms with Gasteiger partial charge in [0, 0.05) is 0 Å². The first kappa shape index (κ1) is 11.4. The second-order valence-electron chi connectivity index (χ2n) is 2.95. The molecule has 0 fully saturated rings. The maximum atomic E-state index is 11.3. The van der Waals surface area contributed by atoms with E-state index in [4.69, 9.17) is 8.43 Å². The molecule has 1 N–H and O–H groups in total. The Bertz CT molecular complexity index is 439. The van der Waals surface area contributed by atoms with Gasteiger partial charge in [-0.1, -0.05) is 24.3 Å². The van der Waals surface area contributed by atoms with Crippen LogP contribution < -0.4 is 10.4 Å². The summed E-state index contributed by atoms with van der Waals surface area (Å²) < 4.78 is 21.2. The SMILES string of the molecule is O=P1(O)O[SiH]=[SiH]c2cccc(c2)[SiH]=[SiH]O1. The molecule has 0 radical (unpaired) electrons. The van der Waals surface area contributed by atoms with Gasteiger partial charge in [-0.05, 0) is 10.4 Å². The van der Waals surface area contributed by atoms with Crippen molar-refractivity contribution in [3.63, 3.8) is 0 Å². The number of hydrogen-bond acceptors (Lipinski definition) is 3. The monoisotopic (exact) mass is 288 g/mol. The predicted octanol–water partition coefficient (Wildman–Crippen LogP) is -2.51. The van der Waals surface area contributed by atoms with Crippen molar-refractivity contribution in [2.75, 3.05) is 0 Å². The van der Waals surface area contributed by atoms with E-state index in [0.717, 1.165) is 0 Å². The molecular weight excluding hydrogens is 279 g/mol. The average molecular weight is 288 g/mol. The highest BCUT2D eigenvalue weighted by molar-refractivity contribution is 7.50. The first-order valence-electron chi connectivity index (χ1n) is 4.28. The summed E-state index contributed by atoms with van der Waals surface area (Å²) in [7, 11) is -4.59. The Kier molecular flexibility index (Phi) is 3.64. The summed E-state index contributed by atoms with van der Waals surface area (Å²) in [5.74, 6) is 0.